The van der Waals surface area contributed by atoms with Crippen LogP contribution in [0.1, 0.15) is 40.2 Å². The Labute approximate surface area is 133 Å². The number of para-hydroxylation sites is 1. The molecule has 0 aromatic heterocycles. The van der Waals surface area contributed by atoms with Crippen LogP contribution in [0.4, 0.5) is 5.69 Å². The Morgan fingerprint density at radius 2 is 1.59 bits per heavy atom. The maximum Gasteiger partial charge on any atom is 0.313 e. The first-order valence-corrected chi connectivity index (χ1v) is 8.03. The van der Waals surface area contributed by atoms with Crippen LogP contribution in [0.3, 0.4) is 0 Å². The fourth-order valence-corrected chi connectivity index (χ4v) is 2.39. The van der Waals surface area contributed by atoms with Gasteiger partial charge in [-0.15, -0.1) is 0 Å². The van der Waals surface area contributed by atoms with Gasteiger partial charge in [0.1, 0.15) is 0 Å². The van der Waals surface area contributed by atoms with Crippen molar-refractivity contribution >= 4 is 17.5 Å². The molecule has 1 rings (SSSR count). The lowest BCUT2D eigenvalue weighted by molar-refractivity contribution is -0.143. The molecular weight excluding hydrogens is 276 g/mol. The lowest BCUT2D eigenvalue weighted by Gasteiger charge is -2.25. The van der Waals surface area contributed by atoms with Gasteiger partial charge in [-0.2, -0.15) is 0 Å². The van der Waals surface area contributed by atoms with Crippen molar-refractivity contribution in [3.63, 3.8) is 0 Å². The Hall–Kier alpha value is -1.84. The zero-order valence-corrected chi connectivity index (χ0v) is 14.3. The van der Waals surface area contributed by atoms with Gasteiger partial charge in [-0.3, -0.25) is 9.59 Å². The van der Waals surface area contributed by atoms with Gasteiger partial charge in [0.15, 0.2) is 0 Å². The second-order valence-corrected chi connectivity index (χ2v) is 6.46. The average Bonchev–Trinajstić information content (AvgIpc) is 2.45. The largest absolute Gasteiger partial charge is 0.334 e. The molecule has 1 N–H and O–H groups in total. The van der Waals surface area contributed by atoms with Crippen molar-refractivity contribution in [3.8, 4) is 0 Å². The molecule has 0 unspecified atom stereocenters. The highest BCUT2D eigenvalue weighted by Crippen LogP contribution is 2.15. The number of hydrogen-bond acceptors (Lipinski definition) is 2. The van der Waals surface area contributed by atoms with Crippen molar-refractivity contribution < 1.29 is 9.59 Å². The molecule has 0 atom stereocenters. The van der Waals surface area contributed by atoms with E-state index in [9.17, 15) is 9.59 Å². The van der Waals surface area contributed by atoms with E-state index in [4.69, 9.17) is 0 Å². The Morgan fingerprint density at radius 3 is 2.09 bits per heavy atom. The average molecular weight is 304 g/mol. The third-order valence-corrected chi connectivity index (χ3v) is 3.30. The van der Waals surface area contributed by atoms with Crippen LogP contribution in [0.5, 0.6) is 0 Å². The van der Waals surface area contributed by atoms with Gasteiger partial charge >= 0.3 is 11.8 Å². The molecule has 0 aliphatic rings. The van der Waals surface area contributed by atoms with E-state index in [0.29, 0.717) is 24.9 Å². The lowest BCUT2D eigenvalue weighted by atomic mass is 10.1. The highest BCUT2D eigenvalue weighted by Gasteiger charge is 2.23. The zero-order chi connectivity index (χ0) is 16.7. The first-order chi connectivity index (χ1) is 10.3. The number of nitrogens with one attached hydrogen (secondary N) is 1. The Morgan fingerprint density at radius 1 is 1.05 bits per heavy atom. The topological polar surface area (TPSA) is 49.4 Å². The minimum absolute atomic E-state index is 0.332. The quantitative estimate of drug-likeness (QED) is 0.820. The predicted molar refractivity (Wildman–Crippen MR) is 90.7 cm³/mol. The summed E-state index contributed by atoms with van der Waals surface area (Å²) in [6.07, 6.45) is 0.812. The van der Waals surface area contributed by atoms with E-state index >= 15 is 0 Å². The van der Waals surface area contributed by atoms with Crippen LogP contribution in [0.25, 0.3) is 0 Å². The molecule has 122 valence electrons. The number of benzene rings is 1. The van der Waals surface area contributed by atoms with Gasteiger partial charge in [-0.05, 0) is 29.9 Å². The van der Waals surface area contributed by atoms with Crippen molar-refractivity contribution in [3.05, 3.63) is 29.8 Å². The van der Waals surface area contributed by atoms with E-state index in [1.165, 1.54) is 0 Å². The van der Waals surface area contributed by atoms with Gasteiger partial charge in [0.2, 0.25) is 0 Å². The zero-order valence-electron chi connectivity index (χ0n) is 14.3. The van der Waals surface area contributed by atoms with Crippen molar-refractivity contribution in [1.82, 2.24) is 4.90 Å². The van der Waals surface area contributed by atoms with Crippen molar-refractivity contribution in [1.29, 1.82) is 0 Å². The number of hydrogen-bond donors (Lipinski definition) is 1. The molecule has 22 heavy (non-hydrogen) atoms. The summed E-state index contributed by atoms with van der Waals surface area (Å²) in [5.41, 5.74) is 1.75. The number of aryl methyl sites for hydroxylation is 1. The van der Waals surface area contributed by atoms with E-state index < -0.39 is 11.8 Å². The highest BCUT2D eigenvalue weighted by atomic mass is 16.2. The highest BCUT2D eigenvalue weighted by molar-refractivity contribution is 6.39. The van der Waals surface area contributed by atoms with Crippen LogP contribution in [-0.2, 0) is 16.0 Å². The summed E-state index contributed by atoms with van der Waals surface area (Å²) in [5.74, 6) is -0.340. The van der Waals surface area contributed by atoms with E-state index in [0.717, 1.165) is 17.7 Å². The number of rotatable bonds is 6. The van der Waals surface area contributed by atoms with Crippen LogP contribution in [0.2, 0.25) is 0 Å². The van der Waals surface area contributed by atoms with Crippen molar-refractivity contribution in [2.24, 2.45) is 11.8 Å². The molecule has 4 heteroatoms. The van der Waals surface area contributed by atoms with E-state index in [-0.39, 0.29) is 0 Å². The Balaban J connectivity index is 2.82. The molecule has 0 aliphatic carbocycles. The van der Waals surface area contributed by atoms with Crippen LogP contribution < -0.4 is 5.32 Å². The summed E-state index contributed by atoms with van der Waals surface area (Å²) >= 11 is 0. The minimum Gasteiger partial charge on any atom is -0.334 e. The maximum atomic E-state index is 12.4. The van der Waals surface area contributed by atoms with Crippen LogP contribution in [-0.4, -0.2) is 29.8 Å². The molecule has 0 saturated heterocycles. The first kappa shape index (κ1) is 18.2. The van der Waals surface area contributed by atoms with Crippen molar-refractivity contribution in [2.75, 3.05) is 18.4 Å². The van der Waals surface area contributed by atoms with Gasteiger partial charge in [0.05, 0.1) is 0 Å². The third kappa shape index (κ3) is 5.51. The molecular formula is C18H28N2O2. The van der Waals surface area contributed by atoms with Crippen LogP contribution in [0.15, 0.2) is 24.3 Å². The number of anilines is 1. The van der Waals surface area contributed by atoms with Gasteiger partial charge in [0, 0.05) is 18.8 Å². The molecule has 1 aromatic rings. The van der Waals surface area contributed by atoms with E-state index in [2.05, 4.69) is 5.32 Å². The van der Waals surface area contributed by atoms with Gasteiger partial charge in [-0.1, -0.05) is 52.8 Å². The van der Waals surface area contributed by atoms with Crippen LogP contribution >= 0.6 is 0 Å². The van der Waals surface area contributed by atoms with Crippen LogP contribution in [0, 0.1) is 11.8 Å². The summed E-state index contributed by atoms with van der Waals surface area (Å²) in [6.45, 7) is 11.4. The Kier molecular flexibility index (Phi) is 7.09. The predicted octanol–water partition coefficient (Wildman–Crippen LogP) is 3.33. The summed E-state index contributed by atoms with van der Waals surface area (Å²) < 4.78 is 0. The molecule has 1 aromatic carbocycles. The molecule has 0 aliphatic heterocycles. The second-order valence-electron chi connectivity index (χ2n) is 6.46. The summed E-state index contributed by atoms with van der Waals surface area (Å²) in [5, 5.41) is 2.76. The molecule has 0 bridgehead atoms. The third-order valence-electron chi connectivity index (χ3n) is 3.30. The summed E-state index contributed by atoms with van der Waals surface area (Å²) in [7, 11) is 0. The van der Waals surface area contributed by atoms with E-state index in [1.807, 2.05) is 58.9 Å². The normalized spacial score (nSPS) is 10.9. The molecule has 0 radical (unpaired) electrons. The fourth-order valence-electron chi connectivity index (χ4n) is 2.39. The molecule has 0 saturated carbocycles. The van der Waals surface area contributed by atoms with Crippen molar-refractivity contribution in [2.45, 2.75) is 41.0 Å². The molecule has 0 spiro atoms. The standard InChI is InChI=1S/C18H28N2O2/c1-6-15-9-7-8-10-16(15)19-17(21)18(22)20(11-13(2)3)12-14(4)5/h7-10,13-14H,6,11-12H2,1-5H3,(H,19,21). The smallest absolute Gasteiger partial charge is 0.313 e. The monoisotopic (exact) mass is 304 g/mol. The molecule has 0 fully saturated rings. The maximum absolute atomic E-state index is 12.4. The van der Waals surface area contributed by atoms with Gasteiger partial charge in [-0.25, -0.2) is 0 Å². The summed E-state index contributed by atoms with van der Waals surface area (Å²) in [6, 6.07) is 7.58. The number of carbonyl (C=O) groups is 2. The number of amides is 2. The number of carbonyl (C=O) groups excluding carboxylic acids is 2. The molecule has 4 nitrogen and oxygen atoms in total. The number of nitrogens with zero attached hydrogens (tertiary/aromatic N) is 1. The Bertz CT molecular complexity index is 500. The van der Waals surface area contributed by atoms with Gasteiger partial charge < -0.3 is 10.2 Å². The second kappa shape index (κ2) is 8.57. The molecule has 2 amide bonds. The fraction of sp³-hybridized carbons (Fsp3) is 0.556. The minimum atomic E-state index is -0.554. The first-order valence-electron chi connectivity index (χ1n) is 8.03. The summed E-state index contributed by atoms with van der Waals surface area (Å²) in [4.78, 5) is 26.4. The SMILES string of the molecule is CCc1ccccc1NC(=O)C(=O)N(CC(C)C)CC(C)C. The van der Waals surface area contributed by atoms with Gasteiger partial charge in [0.25, 0.3) is 0 Å². The van der Waals surface area contributed by atoms with E-state index in [1.54, 1.807) is 4.90 Å². The molecule has 0 heterocycles. The lowest BCUT2D eigenvalue weighted by Crippen LogP contribution is -2.43.